The average molecular weight is 219 g/mol. The highest BCUT2D eigenvalue weighted by Gasteiger charge is 2.00. The maximum Gasteiger partial charge on any atom is 0.330 e. The monoisotopic (exact) mass is 219 g/mol. The minimum Gasteiger partial charge on any atom is -0.466 e. The van der Waals surface area contributed by atoms with Gasteiger partial charge in [-0.1, -0.05) is 12.1 Å². The van der Waals surface area contributed by atoms with E-state index in [0.29, 0.717) is 5.56 Å². The Kier molecular flexibility index (Phi) is 4.27. The van der Waals surface area contributed by atoms with Crippen molar-refractivity contribution in [2.75, 3.05) is 14.2 Å². The van der Waals surface area contributed by atoms with E-state index in [0.717, 1.165) is 5.56 Å². The number of carbonyl (C=O) groups excluding carboxylic acids is 2. The van der Waals surface area contributed by atoms with Gasteiger partial charge in [0, 0.05) is 18.7 Å². The molecule has 0 heterocycles. The summed E-state index contributed by atoms with van der Waals surface area (Å²) >= 11 is 0. The van der Waals surface area contributed by atoms with Gasteiger partial charge >= 0.3 is 5.97 Å². The van der Waals surface area contributed by atoms with Gasteiger partial charge in [-0.15, -0.1) is 0 Å². The third kappa shape index (κ3) is 3.24. The van der Waals surface area contributed by atoms with Gasteiger partial charge in [-0.25, -0.2) is 4.79 Å². The van der Waals surface area contributed by atoms with E-state index >= 15 is 0 Å². The summed E-state index contributed by atoms with van der Waals surface area (Å²) < 4.78 is 4.46. The molecule has 0 bridgehead atoms. The molecule has 0 fully saturated rings. The first-order chi connectivity index (χ1) is 7.67. The van der Waals surface area contributed by atoms with Crippen LogP contribution in [0.1, 0.15) is 15.9 Å². The van der Waals surface area contributed by atoms with Crippen LogP contribution in [-0.4, -0.2) is 26.0 Å². The van der Waals surface area contributed by atoms with Crippen LogP contribution in [-0.2, 0) is 9.53 Å². The third-order valence-electron chi connectivity index (χ3n) is 2.01. The molecule has 1 aromatic carbocycles. The maximum atomic E-state index is 11.2. The second-order valence-corrected chi connectivity index (χ2v) is 3.06. The van der Waals surface area contributed by atoms with Crippen molar-refractivity contribution in [3.05, 3.63) is 41.5 Å². The van der Waals surface area contributed by atoms with E-state index < -0.39 is 5.97 Å². The van der Waals surface area contributed by atoms with E-state index in [1.165, 1.54) is 13.2 Å². The zero-order chi connectivity index (χ0) is 12.0. The quantitative estimate of drug-likeness (QED) is 0.614. The first-order valence-corrected chi connectivity index (χ1v) is 4.75. The summed E-state index contributed by atoms with van der Waals surface area (Å²) in [5, 5.41) is 2.53. The van der Waals surface area contributed by atoms with E-state index in [9.17, 15) is 9.59 Å². The normalized spacial score (nSPS) is 10.1. The molecule has 0 radical (unpaired) electrons. The molecule has 4 heteroatoms. The Bertz CT molecular complexity index is 407. The van der Waals surface area contributed by atoms with Crippen LogP contribution in [0.2, 0.25) is 0 Å². The largest absolute Gasteiger partial charge is 0.466 e. The Hall–Kier alpha value is -2.10. The van der Waals surface area contributed by atoms with Gasteiger partial charge < -0.3 is 10.1 Å². The fourth-order valence-electron chi connectivity index (χ4n) is 1.12. The Morgan fingerprint density at radius 2 is 1.88 bits per heavy atom. The van der Waals surface area contributed by atoms with Gasteiger partial charge in [0.1, 0.15) is 0 Å². The zero-order valence-electron chi connectivity index (χ0n) is 9.19. The summed E-state index contributed by atoms with van der Waals surface area (Å²) in [5.41, 5.74) is 1.41. The first-order valence-electron chi connectivity index (χ1n) is 4.75. The first kappa shape index (κ1) is 12.0. The Morgan fingerprint density at radius 1 is 1.25 bits per heavy atom. The van der Waals surface area contributed by atoms with E-state index in [4.69, 9.17) is 0 Å². The van der Waals surface area contributed by atoms with Crippen molar-refractivity contribution in [2.24, 2.45) is 0 Å². The molecular formula is C12H13NO3. The second-order valence-electron chi connectivity index (χ2n) is 3.06. The van der Waals surface area contributed by atoms with Gasteiger partial charge in [-0.05, 0) is 23.8 Å². The highest BCUT2D eigenvalue weighted by Crippen LogP contribution is 2.06. The number of nitrogens with one attached hydrogen (secondary N) is 1. The van der Waals surface area contributed by atoms with Crippen molar-refractivity contribution in [1.82, 2.24) is 5.32 Å². The maximum absolute atomic E-state index is 11.2. The molecule has 0 atom stereocenters. The fraction of sp³-hybridized carbons (Fsp3) is 0.167. The van der Waals surface area contributed by atoms with Crippen LogP contribution in [0.15, 0.2) is 30.3 Å². The molecule has 4 nitrogen and oxygen atoms in total. The molecule has 1 amide bonds. The van der Waals surface area contributed by atoms with Crippen molar-refractivity contribution >= 4 is 18.0 Å². The molecule has 16 heavy (non-hydrogen) atoms. The molecule has 0 unspecified atom stereocenters. The molecule has 0 aliphatic rings. The Labute approximate surface area is 93.9 Å². The number of carbonyl (C=O) groups is 2. The molecule has 0 aromatic heterocycles. The number of esters is 1. The smallest absolute Gasteiger partial charge is 0.330 e. The number of ether oxygens (including phenoxy) is 1. The molecule has 0 saturated heterocycles. The lowest BCUT2D eigenvalue weighted by atomic mass is 10.1. The van der Waals surface area contributed by atoms with Gasteiger partial charge in [0.25, 0.3) is 5.91 Å². The highest BCUT2D eigenvalue weighted by molar-refractivity contribution is 5.94. The van der Waals surface area contributed by atoms with Crippen LogP contribution >= 0.6 is 0 Å². The van der Waals surface area contributed by atoms with Crippen molar-refractivity contribution in [3.63, 3.8) is 0 Å². The van der Waals surface area contributed by atoms with E-state index in [1.807, 2.05) is 0 Å². The summed E-state index contributed by atoms with van der Waals surface area (Å²) in [5.74, 6) is -0.543. The Morgan fingerprint density at radius 3 is 2.38 bits per heavy atom. The zero-order valence-corrected chi connectivity index (χ0v) is 9.19. The molecular weight excluding hydrogens is 206 g/mol. The van der Waals surface area contributed by atoms with E-state index in [-0.39, 0.29) is 5.91 Å². The van der Waals surface area contributed by atoms with Gasteiger partial charge in [0.15, 0.2) is 0 Å². The van der Waals surface area contributed by atoms with Gasteiger partial charge in [0.05, 0.1) is 7.11 Å². The van der Waals surface area contributed by atoms with Gasteiger partial charge in [-0.2, -0.15) is 0 Å². The van der Waals surface area contributed by atoms with Crippen molar-refractivity contribution in [3.8, 4) is 0 Å². The van der Waals surface area contributed by atoms with Crippen LogP contribution in [0.4, 0.5) is 0 Å². The topological polar surface area (TPSA) is 55.4 Å². The summed E-state index contributed by atoms with van der Waals surface area (Å²) in [6, 6.07) is 6.89. The number of methoxy groups -OCH3 is 1. The molecule has 0 saturated carbocycles. The summed E-state index contributed by atoms with van der Waals surface area (Å²) in [6.45, 7) is 0. The number of hydrogen-bond donors (Lipinski definition) is 1. The average Bonchev–Trinajstić information content (AvgIpc) is 2.35. The minimum absolute atomic E-state index is 0.136. The molecule has 0 spiro atoms. The lowest BCUT2D eigenvalue weighted by Crippen LogP contribution is -2.17. The number of benzene rings is 1. The lowest BCUT2D eigenvalue weighted by molar-refractivity contribution is -0.134. The van der Waals surface area contributed by atoms with Crippen molar-refractivity contribution < 1.29 is 14.3 Å². The van der Waals surface area contributed by atoms with Crippen molar-refractivity contribution in [2.45, 2.75) is 0 Å². The lowest BCUT2D eigenvalue weighted by Gasteiger charge is -1.99. The minimum atomic E-state index is -0.407. The summed E-state index contributed by atoms with van der Waals surface area (Å²) in [6.07, 6.45) is 2.95. The molecule has 84 valence electrons. The predicted molar refractivity (Wildman–Crippen MR) is 60.9 cm³/mol. The van der Waals surface area contributed by atoms with Crippen LogP contribution in [0.3, 0.4) is 0 Å². The molecule has 1 rings (SSSR count). The predicted octanol–water partition coefficient (Wildman–Crippen LogP) is 1.23. The third-order valence-corrected chi connectivity index (χ3v) is 2.01. The SMILES string of the molecule is CNC(=O)c1ccc(/C=C/C(=O)OC)cc1. The number of amides is 1. The fourth-order valence-corrected chi connectivity index (χ4v) is 1.12. The van der Waals surface area contributed by atoms with Crippen LogP contribution in [0.5, 0.6) is 0 Å². The molecule has 1 N–H and O–H groups in total. The summed E-state index contributed by atoms with van der Waals surface area (Å²) in [4.78, 5) is 22.1. The highest BCUT2D eigenvalue weighted by atomic mass is 16.5. The standard InChI is InChI=1S/C12H13NO3/c1-13-12(15)10-6-3-9(4-7-10)5-8-11(14)16-2/h3-8H,1-2H3,(H,13,15)/b8-5+. The number of hydrogen-bond acceptors (Lipinski definition) is 3. The van der Waals surface area contributed by atoms with Gasteiger partial charge in [-0.3, -0.25) is 4.79 Å². The molecule has 0 aliphatic carbocycles. The Balaban J connectivity index is 2.75. The molecule has 1 aromatic rings. The van der Waals surface area contributed by atoms with Crippen LogP contribution < -0.4 is 5.32 Å². The van der Waals surface area contributed by atoms with Crippen LogP contribution in [0.25, 0.3) is 6.08 Å². The van der Waals surface area contributed by atoms with E-state index in [2.05, 4.69) is 10.1 Å². The van der Waals surface area contributed by atoms with Gasteiger partial charge in [0.2, 0.25) is 0 Å². The summed E-state index contributed by atoms with van der Waals surface area (Å²) in [7, 11) is 2.90. The molecule has 0 aliphatic heterocycles. The van der Waals surface area contributed by atoms with E-state index in [1.54, 1.807) is 37.4 Å². The van der Waals surface area contributed by atoms with Crippen LogP contribution in [0, 0.1) is 0 Å². The second kappa shape index (κ2) is 5.70. The van der Waals surface area contributed by atoms with Crippen molar-refractivity contribution in [1.29, 1.82) is 0 Å². The number of rotatable bonds is 3.